The van der Waals surface area contributed by atoms with Crippen LogP contribution in [0.2, 0.25) is 0 Å². The van der Waals surface area contributed by atoms with Crippen molar-refractivity contribution < 1.29 is 4.79 Å². The van der Waals surface area contributed by atoms with Crippen molar-refractivity contribution >= 4 is 11.6 Å². The summed E-state index contributed by atoms with van der Waals surface area (Å²) in [5, 5.41) is 3.02. The molecule has 1 aliphatic carbocycles. The molecule has 1 fully saturated rings. The van der Waals surface area contributed by atoms with Crippen LogP contribution in [0.15, 0.2) is 35.9 Å². The molecule has 3 nitrogen and oxygen atoms in total. The molecule has 0 saturated heterocycles. The zero-order valence-corrected chi connectivity index (χ0v) is 11.8. The smallest absolute Gasteiger partial charge is 0.235 e. The molecule has 0 aromatic heterocycles. The van der Waals surface area contributed by atoms with Gasteiger partial charge in [0, 0.05) is 5.69 Å². The maximum Gasteiger partial charge on any atom is 0.235 e. The highest BCUT2D eigenvalue weighted by molar-refractivity contribution is 6.06. The van der Waals surface area contributed by atoms with E-state index in [1.807, 2.05) is 18.2 Å². The zero-order valence-electron chi connectivity index (χ0n) is 11.8. The van der Waals surface area contributed by atoms with Crippen LogP contribution in [-0.2, 0) is 10.2 Å². The van der Waals surface area contributed by atoms with Crippen molar-refractivity contribution in [1.82, 2.24) is 0 Å². The Hall–Kier alpha value is -1.61. The van der Waals surface area contributed by atoms with Crippen LogP contribution in [0.25, 0.3) is 0 Å². The molecule has 106 valence electrons. The molecule has 3 N–H and O–H groups in total. The number of para-hydroxylation sites is 1. The molecule has 2 aliphatic rings. The first-order chi connectivity index (χ1) is 9.76. The van der Waals surface area contributed by atoms with Gasteiger partial charge in [-0.15, -0.1) is 0 Å². The van der Waals surface area contributed by atoms with Gasteiger partial charge in [0.25, 0.3) is 0 Å². The second kappa shape index (κ2) is 5.41. The minimum atomic E-state index is -0.424. The lowest BCUT2D eigenvalue weighted by Gasteiger charge is -2.27. The quantitative estimate of drug-likeness (QED) is 0.808. The summed E-state index contributed by atoms with van der Waals surface area (Å²) in [6.07, 6.45) is 8.69. The van der Waals surface area contributed by atoms with E-state index in [4.69, 9.17) is 5.73 Å². The molecular weight excluding hydrogens is 248 g/mol. The number of carbonyl (C=O) groups excluding carboxylic acids is 1. The van der Waals surface area contributed by atoms with Crippen molar-refractivity contribution in [3.63, 3.8) is 0 Å². The lowest BCUT2D eigenvalue weighted by molar-refractivity contribution is -0.121. The largest absolute Gasteiger partial charge is 0.330 e. The summed E-state index contributed by atoms with van der Waals surface area (Å²) in [5.41, 5.74) is 9.00. The van der Waals surface area contributed by atoms with Gasteiger partial charge >= 0.3 is 0 Å². The van der Waals surface area contributed by atoms with Gasteiger partial charge in [-0.25, -0.2) is 0 Å². The van der Waals surface area contributed by atoms with E-state index in [0.717, 1.165) is 30.5 Å². The van der Waals surface area contributed by atoms with Gasteiger partial charge in [0.1, 0.15) is 0 Å². The van der Waals surface area contributed by atoms with Crippen molar-refractivity contribution in [2.75, 3.05) is 11.9 Å². The fourth-order valence-electron chi connectivity index (χ4n) is 3.35. The molecule has 0 bridgehead atoms. The van der Waals surface area contributed by atoms with E-state index in [2.05, 4.69) is 17.5 Å². The van der Waals surface area contributed by atoms with E-state index >= 15 is 0 Å². The molecule has 1 unspecified atom stereocenters. The number of allylic oxidation sites excluding steroid dienone is 2. The fourth-order valence-corrected chi connectivity index (χ4v) is 3.35. The monoisotopic (exact) mass is 270 g/mol. The molecule has 1 saturated carbocycles. The molecule has 0 radical (unpaired) electrons. The Morgan fingerprint density at radius 3 is 2.75 bits per heavy atom. The molecule has 1 aromatic carbocycles. The van der Waals surface area contributed by atoms with E-state index in [9.17, 15) is 4.79 Å². The minimum absolute atomic E-state index is 0.121. The second-order valence-corrected chi connectivity index (χ2v) is 5.88. The van der Waals surface area contributed by atoms with Crippen molar-refractivity contribution in [2.24, 2.45) is 5.73 Å². The van der Waals surface area contributed by atoms with Crippen molar-refractivity contribution in [3.05, 3.63) is 41.5 Å². The van der Waals surface area contributed by atoms with Gasteiger partial charge in [0.15, 0.2) is 0 Å². The van der Waals surface area contributed by atoms with E-state index in [1.54, 1.807) is 5.57 Å². The summed E-state index contributed by atoms with van der Waals surface area (Å²) in [5.74, 6) is 0.121. The standard InChI is InChI=1S/C17H22N2O/c18-12-11-17(10-4-7-13-5-3-6-13)14-8-1-2-9-15(14)19-16(17)20/h1-2,7-9H,3-6,10-12,18H2,(H,19,20). The zero-order chi connectivity index (χ0) is 14.0. The van der Waals surface area contributed by atoms with E-state index in [0.29, 0.717) is 6.54 Å². The third kappa shape index (κ3) is 2.16. The normalized spacial score (nSPS) is 24.1. The molecule has 0 spiro atoms. The van der Waals surface area contributed by atoms with Crippen LogP contribution in [0, 0.1) is 0 Å². The first-order valence-electron chi connectivity index (χ1n) is 7.55. The number of carbonyl (C=O) groups is 1. The number of hydrogen-bond donors (Lipinski definition) is 2. The van der Waals surface area contributed by atoms with Gasteiger partial charge in [0.05, 0.1) is 5.41 Å². The molecule has 3 rings (SSSR count). The Kier molecular flexibility index (Phi) is 3.62. The van der Waals surface area contributed by atoms with Crippen LogP contribution in [0.5, 0.6) is 0 Å². The second-order valence-electron chi connectivity index (χ2n) is 5.88. The SMILES string of the molecule is NCCC1(CCC=C2CCC2)C(=O)Nc2ccccc21. The predicted molar refractivity (Wildman–Crippen MR) is 81.6 cm³/mol. The first kappa shape index (κ1) is 13.4. The van der Waals surface area contributed by atoms with Crippen molar-refractivity contribution in [3.8, 4) is 0 Å². The summed E-state index contributed by atoms with van der Waals surface area (Å²) < 4.78 is 0. The number of amides is 1. The van der Waals surface area contributed by atoms with Gasteiger partial charge in [-0.3, -0.25) is 4.79 Å². The lowest BCUT2D eigenvalue weighted by atomic mass is 9.74. The number of nitrogens with one attached hydrogen (secondary N) is 1. The molecular formula is C17H22N2O. The van der Waals surface area contributed by atoms with Crippen LogP contribution in [0.4, 0.5) is 5.69 Å². The third-order valence-electron chi connectivity index (χ3n) is 4.70. The van der Waals surface area contributed by atoms with Gasteiger partial charge in [-0.2, -0.15) is 0 Å². The van der Waals surface area contributed by atoms with E-state index < -0.39 is 5.41 Å². The Labute approximate surface area is 120 Å². The highest BCUT2D eigenvalue weighted by atomic mass is 16.2. The van der Waals surface area contributed by atoms with Gasteiger partial charge in [0.2, 0.25) is 5.91 Å². The Balaban J connectivity index is 1.85. The number of benzene rings is 1. The maximum absolute atomic E-state index is 12.5. The molecule has 1 heterocycles. The number of anilines is 1. The average molecular weight is 270 g/mol. The Morgan fingerprint density at radius 1 is 1.25 bits per heavy atom. The molecule has 3 heteroatoms. The van der Waals surface area contributed by atoms with Crippen LogP contribution >= 0.6 is 0 Å². The molecule has 1 aromatic rings. The Bertz CT molecular complexity index is 544. The first-order valence-corrected chi connectivity index (χ1v) is 7.55. The summed E-state index contributed by atoms with van der Waals surface area (Å²) >= 11 is 0. The molecule has 20 heavy (non-hydrogen) atoms. The van der Waals surface area contributed by atoms with E-state index in [-0.39, 0.29) is 5.91 Å². The summed E-state index contributed by atoms with van der Waals surface area (Å²) in [4.78, 5) is 12.5. The number of nitrogens with two attached hydrogens (primary N) is 1. The molecule has 1 atom stereocenters. The van der Waals surface area contributed by atoms with Crippen molar-refractivity contribution in [2.45, 2.75) is 43.9 Å². The highest BCUT2D eigenvalue weighted by Gasteiger charge is 2.45. The fraction of sp³-hybridized carbons (Fsp3) is 0.471. The summed E-state index contributed by atoms with van der Waals surface area (Å²) in [7, 11) is 0. The number of fused-ring (bicyclic) bond motifs is 1. The maximum atomic E-state index is 12.5. The number of rotatable bonds is 5. The summed E-state index contributed by atoms with van der Waals surface area (Å²) in [6, 6.07) is 8.03. The van der Waals surface area contributed by atoms with Gasteiger partial charge in [-0.05, 0) is 56.7 Å². The van der Waals surface area contributed by atoms with Crippen molar-refractivity contribution in [1.29, 1.82) is 0 Å². The minimum Gasteiger partial charge on any atom is -0.330 e. The van der Waals surface area contributed by atoms with Crippen LogP contribution in [0.1, 0.15) is 44.1 Å². The van der Waals surface area contributed by atoms with Gasteiger partial charge < -0.3 is 11.1 Å². The topological polar surface area (TPSA) is 55.1 Å². The predicted octanol–water partition coefficient (Wildman–Crippen LogP) is 3.12. The lowest BCUT2D eigenvalue weighted by Crippen LogP contribution is -2.36. The molecule has 1 amide bonds. The van der Waals surface area contributed by atoms with Crippen LogP contribution in [0.3, 0.4) is 0 Å². The van der Waals surface area contributed by atoms with Crippen LogP contribution in [-0.4, -0.2) is 12.5 Å². The molecule has 1 aliphatic heterocycles. The summed E-state index contributed by atoms with van der Waals surface area (Å²) in [6.45, 7) is 0.540. The third-order valence-corrected chi connectivity index (χ3v) is 4.70. The van der Waals surface area contributed by atoms with E-state index in [1.165, 1.54) is 19.3 Å². The van der Waals surface area contributed by atoms with Gasteiger partial charge in [-0.1, -0.05) is 29.8 Å². The Morgan fingerprint density at radius 2 is 2.05 bits per heavy atom. The number of hydrogen-bond acceptors (Lipinski definition) is 2. The van der Waals surface area contributed by atoms with Crippen LogP contribution < -0.4 is 11.1 Å². The average Bonchev–Trinajstić information content (AvgIpc) is 2.67. The highest BCUT2D eigenvalue weighted by Crippen LogP contribution is 2.43.